The number of amides is 1. The van der Waals surface area contributed by atoms with E-state index in [1.807, 2.05) is 6.92 Å². The number of sulfonamides is 1. The summed E-state index contributed by atoms with van der Waals surface area (Å²) in [5.41, 5.74) is 3.94. The number of carbonyl (C=O) groups excluding carboxylic acids is 1. The number of fused-ring (bicyclic) bond motifs is 1. The fourth-order valence-electron chi connectivity index (χ4n) is 3.94. The van der Waals surface area contributed by atoms with Crippen LogP contribution in [0.2, 0.25) is 0 Å². The second-order valence-electron chi connectivity index (χ2n) is 8.55. The molecular weight excluding hydrogens is 538 g/mol. The third-order valence-corrected chi connectivity index (χ3v) is 7.74. The number of hydrogen-bond donors (Lipinski definition) is 1. The van der Waals surface area contributed by atoms with E-state index in [4.69, 9.17) is 23.7 Å². The lowest BCUT2D eigenvalue weighted by Crippen LogP contribution is -2.39. The predicted octanol–water partition coefficient (Wildman–Crippen LogP) is 3.61. The summed E-state index contributed by atoms with van der Waals surface area (Å²) in [7, 11) is -1.35. The van der Waals surface area contributed by atoms with Gasteiger partial charge in [-0.2, -0.15) is 5.10 Å². The molecule has 0 saturated heterocycles. The molecule has 3 aromatic rings. The van der Waals surface area contributed by atoms with Crippen LogP contribution in [0, 0.1) is 0 Å². The number of methoxy groups -OCH3 is 2. The number of carbonyl (C=O) groups is 1. The Labute approximate surface area is 233 Å². The van der Waals surface area contributed by atoms with Gasteiger partial charge < -0.3 is 23.7 Å². The molecule has 0 aromatic heterocycles. The minimum Gasteiger partial charge on any atom is -0.494 e. The quantitative estimate of drug-likeness (QED) is 0.274. The second kappa shape index (κ2) is 12.6. The van der Waals surface area contributed by atoms with Crippen molar-refractivity contribution in [3.05, 3.63) is 66.2 Å². The van der Waals surface area contributed by atoms with Gasteiger partial charge in [0, 0.05) is 11.6 Å². The van der Waals surface area contributed by atoms with E-state index in [9.17, 15) is 13.2 Å². The molecule has 1 aliphatic heterocycles. The van der Waals surface area contributed by atoms with Crippen molar-refractivity contribution in [1.82, 2.24) is 5.43 Å². The normalized spacial score (nSPS) is 12.8. The molecular formula is C28H31N3O8S. The highest BCUT2D eigenvalue weighted by atomic mass is 32.2. The van der Waals surface area contributed by atoms with E-state index in [0.717, 1.165) is 4.31 Å². The highest BCUT2D eigenvalue weighted by Gasteiger charge is 2.28. The first-order chi connectivity index (χ1) is 19.3. The van der Waals surface area contributed by atoms with Gasteiger partial charge in [-0.15, -0.1) is 0 Å². The molecule has 0 saturated carbocycles. The molecule has 1 amide bonds. The van der Waals surface area contributed by atoms with Crippen LogP contribution in [0.1, 0.15) is 19.4 Å². The molecule has 1 aliphatic rings. The lowest BCUT2D eigenvalue weighted by molar-refractivity contribution is -0.119. The first-order valence-corrected chi connectivity index (χ1v) is 13.9. The smallest absolute Gasteiger partial charge is 0.264 e. The Morgan fingerprint density at radius 3 is 2.33 bits per heavy atom. The number of anilines is 1. The van der Waals surface area contributed by atoms with Crippen molar-refractivity contribution in [2.75, 3.05) is 44.9 Å². The SMILES string of the molecule is CCOc1ccc(N(CC(=O)N/N=C(/C)c2ccc3c(c2)OCCO3)S(=O)(=O)c2ccc(OC)c(OC)c2)cc1. The Morgan fingerprint density at radius 1 is 0.950 bits per heavy atom. The summed E-state index contributed by atoms with van der Waals surface area (Å²) >= 11 is 0. The summed E-state index contributed by atoms with van der Waals surface area (Å²) in [4.78, 5) is 12.9. The van der Waals surface area contributed by atoms with Gasteiger partial charge >= 0.3 is 0 Å². The minimum atomic E-state index is -4.22. The van der Waals surface area contributed by atoms with Crippen LogP contribution in [-0.2, 0) is 14.8 Å². The number of nitrogens with one attached hydrogen (secondary N) is 1. The molecule has 3 aromatic carbocycles. The summed E-state index contributed by atoms with van der Waals surface area (Å²) in [6.07, 6.45) is 0. The Bertz CT molecular complexity index is 1490. The molecule has 11 nitrogen and oxygen atoms in total. The summed E-state index contributed by atoms with van der Waals surface area (Å²) in [5.74, 6) is 1.76. The fraction of sp³-hybridized carbons (Fsp3) is 0.286. The summed E-state index contributed by atoms with van der Waals surface area (Å²) in [5, 5.41) is 4.18. The van der Waals surface area contributed by atoms with Crippen molar-refractivity contribution in [2.45, 2.75) is 18.7 Å². The number of nitrogens with zero attached hydrogens (tertiary/aromatic N) is 2. The van der Waals surface area contributed by atoms with Gasteiger partial charge in [-0.1, -0.05) is 0 Å². The largest absolute Gasteiger partial charge is 0.494 e. The zero-order valence-corrected chi connectivity index (χ0v) is 23.5. The lowest BCUT2D eigenvalue weighted by Gasteiger charge is -2.24. The Morgan fingerprint density at radius 2 is 1.65 bits per heavy atom. The summed E-state index contributed by atoms with van der Waals surface area (Å²) < 4.78 is 55.7. The zero-order chi connectivity index (χ0) is 28.7. The van der Waals surface area contributed by atoms with Crippen LogP contribution in [0.4, 0.5) is 5.69 Å². The molecule has 0 aliphatic carbocycles. The maximum atomic E-state index is 13.8. The van der Waals surface area contributed by atoms with Crippen LogP contribution in [0.5, 0.6) is 28.7 Å². The highest BCUT2D eigenvalue weighted by Crippen LogP contribution is 2.33. The molecule has 0 unspecified atom stereocenters. The first kappa shape index (κ1) is 28.6. The molecule has 0 radical (unpaired) electrons. The third-order valence-electron chi connectivity index (χ3n) is 5.97. The van der Waals surface area contributed by atoms with Gasteiger partial charge in [-0.3, -0.25) is 9.10 Å². The lowest BCUT2D eigenvalue weighted by atomic mass is 10.1. The van der Waals surface area contributed by atoms with Gasteiger partial charge in [0.05, 0.1) is 37.1 Å². The number of ether oxygens (including phenoxy) is 5. The van der Waals surface area contributed by atoms with E-state index in [1.54, 1.807) is 49.4 Å². The van der Waals surface area contributed by atoms with E-state index >= 15 is 0 Å². The van der Waals surface area contributed by atoms with Crippen LogP contribution in [0.25, 0.3) is 0 Å². The number of hydrazone groups is 1. The van der Waals surface area contributed by atoms with E-state index in [0.29, 0.717) is 54.1 Å². The average Bonchev–Trinajstić information content (AvgIpc) is 2.98. The van der Waals surface area contributed by atoms with Crippen molar-refractivity contribution < 1.29 is 36.9 Å². The van der Waals surface area contributed by atoms with E-state index in [-0.39, 0.29) is 16.3 Å². The van der Waals surface area contributed by atoms with Crippen LogP contribution in [0.3, 0.4) is 0 Å². The Balaban J connectivity index is 1.60. The van der Waals surface area contributed by atoms with Crippen LogP contribution in [-0.4, -0.2) is 60.6 Å². The maximum absolute atomic E-state index is 13.8. The monoisotopic (exact) mass is 569 g/mol. The third kappa shape index (κ3) is 6.40. The standard InChI is InChI=1S/C28H31N3O8S/c1-5-37-22-9-7-21(8-10-22)31(40(33,34)23-11-13-24(35-3)26(17-23)36-4)18-28(32)30-29-19(2)20-6-12-25-27(16-20)39-15-14-38-25/h6-13,16-17H,5,14-15,18H2,1-4H3,(H,30,32)/b29-19-. The van der Waals surface area contributed by atoms with Gasteiger partial charge in [0.15, 0.2) is 23.0 Å². The van der Waals surface area contributed by atoms with Crippen molar-refractivity contribution in [3.63, 3.8) is 0 Å². The molecule has 40 heavy (non-hydrogen) atoms. The van der Waals surface area contributed by atoms with Crippen molar-refractivity contribution in [1.29, 1.82) is 0 Å². The fourth-order valence-corrected chi connectivity index (χ4v) is 5.38. The zero-order valence-electron chi connectivity index (χ0n) is 22.7. The van der Waals surface area contributed by atoms with Crippen LogP contribution < -0.4 is 33.4 Å². The Kier molecular flexibility index (Phi) is 9.00. The summed E-state index contributed by atoms with van der Waals surface area (Å²) in [6, 6.07) is 16.0. The van der Waals surface area contributed by atoms with Gasteiger partial charge in [0.25, 0.3) is 15.9 Å². The molecule has 212 valence electrons. The van der Waals surface area contributed by atoms with Crippen molar-refractivity contribution in [2.24, 2.45) is 5.10 Å². The molecule has 0 fully saturated rings. The topological polar surface area (TPSA) is 125 Å². The molecule has 1 N–H and O–H groups in total. The Hall–Kier alpha value is -4.45. The minimum absolute atomic E-state index is 0.0807. The predicted molar refractivity (Wildman–Crippen MR) is 149 cm³/mol. The first-order valence-electron chi connectivity index (χ1n) is 12.5. The van der Waals surface area contributed by atoms with E-state index in [2.05, 4.69) is 10.5 Å². The van der Waals surface area contributed by atoms with Gasteiger partial charge in [-0.05, 0) is 68.4 Å². The number of rotatable bonds is 11. The van der Waals surface area contributed by atoms with Crippen LogP contribution in [0.15, 0.2) is 70.7 Å². The molecule has 0 spiro atoms. The van der Waals surface area contributed by atoms with Gasteiger partial charge in [0.2, 0.25) is 0 Å². The molecule has 0 bridgehead atoms. The van der Waals surface area contributed by atoms with Crippen molar-refractivity contribution in [3.8, 4) is 28.7 Å². The van der Waals surface area contributed by atoms with Gasteiger partial charge in [-0.25, -0.2) is 13.8 Å². The second-order valence-corrected chi connectivity index (χ2v) is 10.4. The molecule has 4 rings (SSSR count). The van der Waals surface area contributed by atoms with Crippen molar-refractivity contribution >= 4 is 27.3 Å². The van der Waals surface area contributed by atoms with Crippen LogP contribution >= 0.6 is 0 Å². The maximum Gasteiger partial charge on any atom is 0.264 e. The molecule has 0 atom stereocenters. The summed E-state index contributed by atoms with van der Waals surface area (Å²) in [6.45, 7) is 4.40. The van der Waals surface area contributed by atoms with E-state index in [1.165, 1.54) is 32.4 Å². The van der Waals surface area contributed by atoms with Gasteiger partial charge in [0.1, 0.15) is 25.5 Å². The molecule has 1 heterocycles. The average molecular weight is 570 g/mol. The highest BCUT2D eigenvalue weighted by molar-refractivity contribution is 7.92. The number of benzene rings is 3. The van der Waals surface area contributed by atoms with E-state index < -0.39 is 22.5 Å². The number of hydrogen-bond acceptors (Lipinski definition) is 9. The molecule has 12 heteroatoms.